The monoisotopic (exact) mass is 173 g/mol. The molecule has 0 aromatic rings. The van der Waals surface area contributed by atoms with Crippen LogP contribution in [0.1, 0.15) is 32.6 Å². The predicted octanol–water partition coefficient (Wildman–Crippen LogP) is 1.02. The normalized spacial score (nSPS) is 9.92. The van der Waals surface area contributed by atoms with E-state index in [-0.39, 0.29) is 12.5 Å². The molecule has 1 N–H and O–H groups in total. The van der Waals surface area contributed by atoms with Gasteiger partial charge in [-0.25, -0.2) is 0 Å². The van der Waals surface area contributed by atoms with Crippen molar-refractivity contribution in [3.05, 3.63) is 0 Å². The summed E-state index contributed by atoms with van der Waals surface area (Å²) in [6.45, 7) is 3.04. The molecule has 12 heavy (non-hydrogen) atoms. The Morgan fingerprint density at radius 3 is 2.58 bits per heavy atom. The molecule has 72 valence electrons. The van der Waals surface area contributed by atoms with Crippen molar-refractivity contribution in [1.29, 1.82) is 0 Å². The summed E-state index contributed by atoms with van der Waals surface area (Å²) >= 11 is 0. The van der Waals surface area contributed by atoms with Crippen molar-refractivity contribution in [3.63, 3.8) is 0 Å². The third kappa shape index (κ3) is 5.13. The molecule has 0 radical (unpaired) electrons. The Hall–Kier alpha value is -0.570. The lowest BCUT2D eigenvalue weighted by molar-refractivity contribution is -0.130. The number of carbonyl (C=O) groups excluding carboxylic acids is 1. The van der Waals surface area contributed by atoms with Crippen molar-refractivity contribution >= 4 is 5.91 Å². The fourth-order valence-corrected chi connectivity index (χ4v) is 0.941. The maximum absolute atomic E-state index is 11.2. The van der Waals surface area contributed by atoms with Gasteiger partial charge in [0.25, 0.3) is 0 Å². The number of aliphatic hydroxyl groups excluding tert-OH is 1. The molecule has 0 aliphatic rings. The number of amides is 1. The molecule has 0 aliphatic carbocycles. The Labute approximate surface area is 74.4 Å². The zero-order valence-corrected chi connectivity index (χ0v) is 8.05. The third-order valence-electron chi connectivity index (χ3n) is 1.82. The number of unbranched alkanes of at least 4 members (excludes halogenated alkanes) is 1. The summed E-state index contributed by atoms with van der Waals surface area (Å²) < 4.78 is 0. The summed E-state index contributed by atoms with van der Waals surface area (Å²) in [7, 11) is 1.81. The van der Waals surface area contributed by atoms with Crippen LogP contribution in [0.5, 0.6) is 0 Å². The average Bonchev–Trinajstić information content (AvgIpc) is 2.10. The molecule has 0 unspecified atom stereocenters. The molecule has 0 aliphatic heterocycles. The standard InChI is InChI=1S/C9H19NO2/c1-3-4-7-10(2)9(12)6-5-8-11/h11H,3-8H2,1-2H3. The predicted molar refractivity (Wildman–Crippen MR) is 48.9 cm³/mol. The van der Waals surface area contributed by atoms with Crippen molar-refractivity contribution in [3.8, 4) is 0 Å². The molecule has 0 saturated carbocycles. The molecule has 1 amide bonds. The second kappa shape index (κ2) is 7.10. The Balaban J connectivity index is 3.47. The van der Waals surface area contributed by atoms with Gasteiger partial charge in [0, 0.05) is 26.6 Å². The van der Waals surface area contributed by atoms with E-state index in [2.05, 4.69) is 6.92 Å². The van der Waals surface area contributed by atoms with Crippen LogP contribution in [0, 0.1) is 0 Å². The summed E-state index contributed by atoms with van der Waals surface area (Å²) in [5.41, 5.74) is 0. The van der Waals surface area contributed by atoms with E-state index in [0.29, 0.717) is 12.8 Å². The van der Waals surface area contributed by atoms with Gasteiger partial charge in [-0.2, -0.15) is 0 Å². The molecule has 0 saturated heterocycles. The van der Waals surface area contributed by atoms with Crippen LogP contribution in [0.25, 0.3) is 0 Å². The number of aliphatic hydroxyl groups is 1. The third-order valence-corrected chi connectivity index (χ3v) is 1.82. The quantitative estimate of drug-likeness (QED) is 0.651. The van der Waals surface area contributed by atoms with Crippen molar-refractivity contribution in [2.75, 3.05) is 20.2 Å². The highest BCUT2D eigenvalue weighted by molar-refractivity contribution is 5.75. The van der Waals surface area contributed by atoms with E-state index in [1.807, 2.05) is 7.05 Å². The fraction of sp³-hybridized carbons (Fsp3) is 0.889. The summed E-state index contributed by atoms with van der Waals surface area (Å²) in [6, 6.07) is 0. The van der Waals surface area contributed by atoms with Gasteiger partial charge in [-0.15, -0.1) is 0 Å². The number of nitrogens with zero attached hydrogens (tertiary/aromatic N) is 1. The van der Waals surface area contributed by atoms with Gasteiger partial charge in [-0.1, -0.05) is 13.3 Å². The van der Waals surface area contributed by atoms with Gasteiger partial charge in [-0.3, -0.25) is 4.79 Å². The largest absolute Gasteiger partial charge is 0.396 e. The highest BCUT2D eigenvalue weighted by Gasteiger charge is 2.06. The molecule has 0 fully saturated rings. The Morgan fingerprint density at radius 2 is 2.08 bits per heavy atom. The minimum absolute atomic E-state index is 0.105. The number of hydrogen-bond donors (Lipinski definition) is 1. The van der Waals surface area contributed by atoms with E-state index in [9.17, 15) is 4.79 Å². The van der Waals surface area contributed by atoms with Crippen LogP contribution in [0.4, 0.5) is 0 Å². The first kappa shape index (κ1) is 11.4. The molecule has 0 spiro atoms. The topological polar surface area (TPSA) is 40.5 Å². The van der Waals surface area contributed by atoms with Gasteiger partial charge in [0.15, 0.2) is 0 Å². The van der Waals surface area contributed by atoms with Crippen molar-refractivity contribution in [1.82, 2.24) is 4.90 Å². The van der Waals surface area contributed by atoms with Crippen molar-refractivity contribution in [2.45, 2.75) is 32.6 Å². The van der Waals surface area contributed by atoms with Crippen molar-refractivity contribution in [2.24, 2.45) is 0 Å². The molecule has 3 heteroatoms. The average molecular weight is 173 g/mol. The smallest absolute Gasteiger partial charge is 0.222 e. The van der Waals surface area contributed by atoms with Gasteiger partial charge in [0.05, 0.1) is 0 Å². The molecule has 0 heterocycles. The highest BCUT2D eigenvalue weighted by atomic mass is 16.3. The SMILES string of the molecule is CCCCN(C)C(=O)CCCO. The van der Waals surface area contributed by atoms with Crippen LogP contribution in [-0.4, -0.2) is 36.1 Å². The summed E-state index contributed by atoms with van der Waals surface area (Å²) in [5.74, 6) is 0.137. The zero-order valence-electron chi connectivity index (χ0n) is 8.05. The summed E-state index contributed by atoms with van der Waals surface area (Å²) in [5, 5.41) is 8.50. The molecule has 0 atom stereocenters. The lowest BCUT2D eigenvalue weighted by Gasteiger charge is -2.15. The second-order valence-corrected chi connectivity index (χ2v) is 3.00. The zero-order chi connectivity index (χ0) is 9.40. The number of rotatable bonds is 6. The van der Waals surface area contributed by atoms with Gasteiger partial charge >= 0.3 is 0 Å². The molecule has 0 rings (SSSR count). The van der Waals surface area contributed by atoms with Gasteiger partial charge < -0.3 is 10.0 Å². The van der Waals surface area contributed by atoms with Crippen LogP contribution in [0.3, 0.4) is 0 Å². The Morgan fingerprint density at radius 1 is 1.42 bits per heavy atom. The van der Waals surface area contributed by atoms with E-state index >= 15 is 0 Å². The van der Waals surface area contributed by atoms with Gasteiger partial charge in [0.2, 0.25) is 5.91 Å². The minimum Gasteiger partial charge on any atom is -0.396 e. The Bertz CT molecular complexity index is 126. The fourth-order valence-electron chi connectivity index (χ4n) is 0.941. The summed E-state index contributed by atoms with van der Waals surface area (Å²) in [4.78, 5) is 13.0. The van der Waals surface area contributed by atoms with Gasteiger partial charge in [0.1, 0.15) is 0 Å². The number of carbonyl (C=O) groups is 1. The summed E-state index contributed by atoms with van der Waals surface area (Å²) in [6.07, 6.45) is 3.21. The molecule has 3 nitrogen and oxygen atoms in total. The van der Waals surface area contributed by atoms with Crippen molar-refractivity contribution < 1.29 is 9.90 Å². The van der Waals surface area contributed by atoms with Crippen LogP contribution >= 0.6 is 0 Å². The van der Waals surface area contributed by atoms with E-state index in [1.54, 1.807) is 4.90 Å². The Kier molecular flexibility index (Phi) is 6.76. The first-order valence-corrected chi connectivity index (χ1v) is 4.57. The molecule has 0 bridgehead atoms. The van der Waals surface area contributed by atoms with E-state index in [0.717, 1.165) is 19.4 Å². The van der Waals surface area contributed by atoms with Crippen LogP contribution in [-0.2, 0) is 4.79 Å². The van der Waals surface area contributed by atoms with Gasteiger partial charge in [-0.05, 0) is 12.8 Å². The van der Waals surface area contributed by atoms with Crippen LogP contribution < -0.4 is 0 Å². The van der Waals surface area contributed by atoms with E-state index < -0.39 is 0 Å². The highest BCUT2D eigenvalue weighted by Crippen LogP contribution is 1.97. The van der Waals surface area contributed by atoms with Crippen LogP contribution in [0.2, 0.25) is 0 Å². The van der Waals surface area contributed by atoms with E-state index in [4.69, 9.17) is 5.11 Å². The maximum atomic E-state index is 11.2. The van der Waals surface area contributed by atoms with E-state index in [1.165, 1.54) is 0 Å². The minimum atomic E-state index is 0.105. The molecular formula is C9H19NO2. The number of hydrogen-bond acceptors (Lipinski definition) is 2. The lowest BCUT2D eigenvalue weighted by Crippen LogP contribution is -2.27. The molecule has 0 aromatic carbocycles. The molecule has 0 aromatic heterocycles. The lowest BCUT2D eigenvalue weighted by atomic mass is 10.2. The maximum Gasteiger partial charge on any atom is 0.222 e. The first-order valence-electron chi connectivity index (χ1n) is 4.57. The molecular weight excluding hydrogens is 154 g/mol. The first-order chi connectivity index (χ1) is 5.72. The second-order valence-electron chi connectivity index (χ2n) is 3.00. The van der Waals surface area contributed by atoms with Crippen LogP contribution in [0.15, 0.2) is 0 Å².